The number of benzene rings is 3. The van der Waals surface area contributed by atoms with E-state index < -0.39 is 0 Å². The highest BCUT2D eigenvalue weighted by molar-refractivity contribution is 7.98. The molecular formula is C24H22N2S. The normalized spacial score (nSPS) is 19.1. The summed E-state index contributed by atoms with van der Waals surface area (Å²) in [6, 6.07) is 28.7. The molecule has 2 unspecified atom stereocenters. The lowest BCUT2D eigenvalue weighted by Crippen LogP contribution is -2.34. The average Bonchev–Trinajstić information content (AvgIpc) is 3.13. The molecular weight excluding hydrogens is 348 g/mol. The van der Waals surface area contributed by atoms with Crippen LogP contribution in [0.1, 0.15) is 34.3 Å². The van der Waals surface area contributed by atoms with Crippen LogP contribution in [0, 0.1) is 0 Å². The zero-order chi connectivity index (χ0) is 18.2. The summed E-state index contributed by atoms with van der Waals surface area (Å²) in [6.07, 6.45) is 2.12. The maximum absolute atomic E-state index is 3.80. The average molecular weight is 371 g/mol. The Morgan fingerprint density at radius 2 is 1.56 bits per heavy atom. The molecule has 1 aliphatic heterocycles. The number of hydrogen-bond donors (Lipinski definition) is 2. The van der Waals surface area contributed by atoms with Crippen molar-refractivity contribution in [3.8, 4) is 0 Å². The van der Waals surface area contributed by atoms with Crippen LogP contribution >= 0.6 is 11.8 Å². The molecule has 0 saturated heterocycles. The maximum atomic E-state index is 3.80. The fourth-order valence-corrected chi connectivity index (χ4v) is 4.69. The van der Waals surface area contributed by atoms with E-state index in [4.69, 9.17) is 0 Å². The molecule has 2 atom stereocenters. The molecule has 0 fully saturated rings. The predicted octanol–water partition coefficient (Wildman–Crippen LogP) is 5.71. The van der Waals surface area contributed by atoms with E-state index in [-0.39, 0.29) is 6.04 Å². The van der Waals surface area contributed by atoms with E-state index in [1.54, 1.807) is 11.8 Å². The molecule has 0 aliphatic carbocycles. The van der Waals surface area contributed by atoms with E-state index in [1.165, 1.54) is 38.2 Å². The Kier molecular flexibility index (Phi) is 4.27. The van der Waals surface area contributed by atoms with Gasteiger partial charge in [0.15, 0.2) is 0 Å². The summed E-state index contributed by atoms with van der Waals surface area (Å²) in [4.78, 5) is 5.02. The molecule has 0 bridgehead atoms. The molecule has 0 amide bonds. The van der Waals surface area contributed by atoms with E-state index in [9.17, 15) is 0 Å². The van der Waals surface area contributed by atoms with Gasteiger partial charge in [-0.05, 0) is 41.1 Å². The second kappa shape index (κ2) is 6.91. The molecule has 2 heterocycles. The van der Waals surface area contributed by atoms with Gasteiger partial charge >= 0.3 is 0 Å². The van der Waals surface area contributed by atoms with Crippen LogP contribution in [0.4, 0.5) is 0 Å². The second-order valence-corrected chi connectivity index (χ2v) is 7.96. The molecule has 0 saturated carbocycles. The van der Waals surface area contributed by atoms with Crippen molar-refractivity contribution in [1.82, 2.24) is 10.3 Å². The van der Waals surface area contributed by atoms with Gasteiger partial charge in [-0.2, -0.15) is 0 Å². The standard InChI is InChI=1S/C24H22N2S/c1-27-18-13-11-17(12-14-18)23-24-22(19-9-5-6-10-21(19)26-24)20(15-25-23)16-7-3-2-4-8-16/h2-14,20,23,25-26H,15H2,1H3. The minimum absolute atomic E-state index is 0.197. The lowest BCUT2D eigenvalue weighted by atomic mass is 9.83. The Morgan fingerprint density at radius 3 is 2.33 bits per heavy atom. The Hall–Kier alpha value is -2.49. The summed E-state index contributed by atoms with van der Waals surface area (Å²) in [5.41, 5.74) is 6.64. The van der Waals surface area contributed by atoms with Crippen molar-refractivity contribution in [3.63, 3.8) is 0 Å². The third-order valence-corrected chi connectivity index (χ3v) is 6.33. The van der Waals surface area contributed by atoms with Crippen molar-refractivity contribution in [2.75, 3.05) is 12.8 Å². The van der Waals surface area contributed by atoms with Crippen LogP contribution in [0.5, 0.6) is 0 Å². The van der Waals surface area contributed by atoms with E-state index in [0.717, 1.165) is 6.54 Å². The van der Waals surface area contributed by atoms with Crippen LogP contribution in [0.3, 0.4) is 0 Å². The molecule has 27 heavy (non-hydrogen) atoms. The topological polar surface area (TPSA) is 27.8 Å². The number of para-hydroxylation sites is 1. The first-order chi connectivity index (χ1) is 13.3. The Bertz CT molecular complexity index is 1070. The van der Waals surface area contributed by atoms with E-state index in [2.05, 4.69) is 95.4 Å². The first kappa shape index (κ1) is 16.7. The lowest BCUT2D eigenvalue weighted by Gasteiger charge is -2.31. The largest absolute Gasteiger partial charge is 0.357 e. The fraction of sp³-hybridized carbons (Fsp3) is 0.167. The summed E-state index contributed by atoms with van der Waals surface area (Å²) in [5.74, 6) is 0.360. The highest BCUT2D eigenvalue weighted by Crippen LogP contribution is 2.41. The van der Waals surface area contributed by atoms with Gasteiger partial charge in [0.2, 0.25) is 0 Å². The smallest absolute Gasteiger partial charge is 0.0732 e. The van der Waals surface area contributed by atoms with Crippen LogP contribution in [0.15, 0.2) is 83.8 Å². The van der Waals surface area contributed by atoms with Crippen LogP contribution in [0.25, 0.3) is 10.9 Å². The van der Waals surface area contributed by atoms with Crippen molar-refractivity contribution in [1.29, 1.82) is 0 Å². The molecule has 1 aliphatic rings. The fourth-order valence-electron chi connectivity index (χ4n) is 4.28. The highest BCUT2D eigenvalue weighted by atomic mass is 32.2. The van der Waals surface area contributed by atoms with Crippen molar-refractivity contribution in [2.45, 2.75) is 16.9 Å². The number of thioether (sulfide) groups is 1. The van der Waals surface area contributed by atoms with Crippen molar-refractivity contribution in [2.24, 2.45) is 0 Å². The minimum Gasteiger partial charge on any atom is -0.357 e. The van der Waals surface area contributed by atoms with Gasteiger partial charge in [0.1, 0.15) is 0 Å². The summed E-state index contributed by atoms with van der Waals surface area (Å²) >= 11 is 1.78. The Morgan fingerprint density at radius 1 is 0.815 bits per heavy atom. The molecule has 3 heteroatoms. The van der Waals surface area contributed by atoms with E-state index in [1.807, 2.05) is 0 Å². The van der Waals surface area contributed by atoms with Gasteiger partial charge in [-0.3, -0.25) is 0 Å². The molecule has 1 aromatic heterocycles. The molecule has 2 nitrogen and oxygen atoms in total. The lowest BCUT2D eigenvalue weighted by molar-refractivity contribution is 0.525. The van der Waals surface area contributed by atoms with E-state index >= 15 is 0 Å². The summed E-state index contributed by atoms with van der Waals surface area (Å²) in [5, 5.41) is 5.14. The van der Waals surface area contributed by atoms with Gasteiger partial charge in [0.25, 0.3) is 0 Å². The third kappa shape index (κ3) is 2.88. The van der Waals surface area contributed by atoms with Crippen LogP contribution in [-0.2, 0) is 0 Å². The molecule has 4 aromatic rings. The number of fused-ring (bicyclic) bond motifs is 3. The Balaban J connectivity index is 1.67. The van der Waals surface area contributed by atoms with Crippen LogP contribution in [0.2, 0.25) is 0 Å². The second-order valence-electron chi connectivity index (χ2n) is 7.08. The van der Waals surface area contributed by atoms with Crippen molar-refractivity contribution in [3.05, 3.63) is 101 Å². The molecule has 0 radical (unpaired) electrons. The van der Waals surface area contributed by atoms with Crippen LogP contribution < -0.4 is 5.32 Å². The summed E-state index contributed by atoms with van der Waals surface area (Å²) in [7, 11) is 0. The molecule has 3 aromatic carbocycles. The minimum atomic E-state index is 0.197. The quantitative estimate of drug-likeness (QED) is 0.452. The van der Waals surface area contributed by atoms with Crippen molar-refractivity contribution >= 4 is 22.7 Å². The first-order valence-electron chi connectivity index (χ1n) is 9.38. The van der Waals surface area contributed by atoms with Gasteiger partial charge in [-0.25, -0.2) is 0 Å². The number of nitrogens with one attached hydrogen (secondary N) is 2. The monoisotopic (exact) mass is 370 g/mol. The SMILES string of the molecule is CSc1ccc(C2NCC(c3ccccc3)c3c2[nH]c2ccccc32)cc1. The zero-order valence-corrected chi connectivity index (χ0v) is 16.1. The zero-order valence-electron chi connectivity index (χ0n) is 15.3. The van der Waals surface area contributed by atoms with Crippen molar-refractivity contribution < 1.29 is 0 Å². The summed E-state index contributed by atoms with van der Waals surface area (Å²) in [6.45, 7) is 0.938. The van der Waals surface area contributed by atoms with Gasteiger partial charge in [0, 0.05) is 34.0 Å². The molecule has 5 rings (SSSR count). The molecule has 134 valence electrons. The Labute approximate surface area is 164 Å². The number of aromatic amines is 1. The number of H-pyrrole nitrogens is 1. The number of aromatic nitrogens is 1. The first-order valence-corrected chi connectivity index (χ1v) is 10.6. The van der Waals surface area contributed by atoms with Gasteiger partial charge in [-0.1, -0.05) is 60.7 Å². The summed E-state index contributed by atoms with van der Waals surface area (Å²) < 4.78 is 0. The van der Waals surface area contributed by atoms with Crippen LogP contribution in [-0.4, -0.2) is 17.8 Å². The third-order valence-electron chi connectivity index (χ3n) is 5.59. The molecule has 0 spiro atoms. The molecule has 2 N–H and O–H groups in total. The predicted molar refractivity (Wildman–Crippen MR) is 115 cm³/mol. The number of hydrogen-bond acceptors (Lipinski definition) is 2. The maximum Gasteiger partial charge on any atom is 0.0732 e. The van der Waals surface area contributed by atoms with Gasteiger partial charge in [-0.15, -0.1) is 11.8 Å². The highest BCUT2D eigenvalue weighted by Gasteiger charge is 2.32. The van der Waals surface area contributed by atoms with Gasteiger partial charge in [0.05, 0.1) is 6.04 Å². The number of rotatable bonds is 3. The van der Waals surface area contributed by atoms with E-state index in [0.29, 0.717) is 5.92 Å². The van der Waals surface area contributed by atoms with Gasteiger partial charge < -0.3 is 10.3 Å².